The Morgan fingerprint density at radius 3 is 2.59 bits per heavy atom. The molecule has 2 aromatic heterocycles. The first kappa shape index (κ1) is 21.7. The number of aryl methyl sites for hydroxylation is 1. The molecule has 29 heavy (non-hydrogen) atoms. The molecule has 0 radical (unpaired) electrons. The summed E-state index contributed by atoms with van der Waals surface area (Å²) in [6, 6.07) is 10.1. The van der Waals surface area contributed by atoms with Crippen LogP contribution < -0.4 is 0 Å². The summed E-state index contributed by atoms with van der Waals surface area (Å²) in [5.41, 5.74) is 0.512. The maximum Gasteiger partial charge on any atom is 0.277 e. The van der Waals surface area contributed by atoms with E-state index < -0.39 is 10.0 Å². The van der Waals surface area contributed by atoms with Crippen LogP contribution in [0, 0.1) is 6.92 Å². The van der Waals surface area contributed by atoms with E-state index in [1.165, 1.54) is 21.7 Å². The van der Waals surface area contributed by atoms with E-state index in [1.54, 1.807) is 32.0 Å². The topological polar surface area (TPSA) is 93.4 Å². The minimum absolute atomic E-state index is 0.000151. The number of carbonyl (C=O) groups is 1. The van der Waals surface area contributed by atoms with E-state index in [0.717, 1.165) is 16.6 Å². The van der Waals surface area contributed by atoms with Crippen molar-refractivity contribution in [3.8, 4) is 11.5 Å². The molecule has 0 amide bonds. The van der Waals surface area contributed by atoms with Gasteiger partial charge in [0.25, 0.3) is 5.22 Å². The van der Waals surface area contributed by atoms with Crippen molar-refractivity contribution in [3.05, 3.63) is 46.2 Å². The highest BCUT2D eigenvalue weighted by Crippen LogP contribution is 2.27. The van der Waals surface area contributed by atoms with Crippen LogP contribution in [-0.4, -0.2) is 47.5 Å². The van der Waals surface area contributed by atoms with Crippen molar-refractivity contribution in [3.63, 3.8) is 0 Å². The highest BCUT2D eigenvalue weighted by atomic mass is 32.2. The predicted octanol–water partition coefficient (Wildman–Crippen LogP) is 4.11. The second-order valence-corrected chi connectivity index (χ2v) is 10.3. The zero-order chi connectivity index (χ0) is 21.0. The van der Waals surface area contributed by atoms with Crippen LogP contribution in [0.1, 0.15) is 28.4 Å². The Morgan fingerprint density at radius 2 is 1.93 bits per heavy atom. The summed E-state index contributed by atoms with van der Waals surface area (Å²) in [7, 11) is -3.58. The maximum absolute atomic E-state index is 12.7. The van der Waals surface area contributed by atoms with Crippen LogP contribution in [0.5, 0.6) is 0 Å². The van der Waals surface area contributed by atoms with Gasteiger partial charge in [0.1, 0.15) is 0 Å². The largest absolute Gasteiger partial charge is 0.411 e. The molecule has 10 heteroatoms. The first-order valence-corrected chi connectivity index (χ1v) is 12.3. The summed E-state index contributed by atoms with van der Waals surface area (Å²) in [5.74, 6) is 0.404. The lowest BCUT2D eigenvalue weighted by Crippen LogP contribution is -2.30. The second-order valence-electron chi connectivity index (χ2n) is 6.11. The summed E-state index contributed by atoms with van der Waals surface area (Å²) < 4.78 is 32.4. The third kappa shape index (κ3) is 4.95. The molecule has 0 unspecified atom stereocenters. The van der Waals surface area contributed by atoms with E-state index in [2.05, 4.69) is 10.2 Å². The summed E-state index contributed by atoms with van der Waals surface area (Å²) in [5, 5.41) is 8.22. The number of thioether (sulfide) groups is 1. The number of thiophene rings is 1. The molecule has 2 heterocycles. The minimum Gasteiger partial charge on any atom is -0.411 e. The Balaban J connectivity index is 1.74. The smallest absolute Gasteiger partial charge is 0.277 e. The van der Waals surface area contributed by atoms with Crippen LogP contribution in [0.2, 0.25) is 0 Å². The highest BCUT2D eigenvalue weighted by Gasteiger charge is 2.22. The van der Waals surface area contributed by atoms with Gasteiger partial charge < -0.3 is 4.42 Å². The highest BCUT2D eigenvalue weighted by molar-refractivity contribution is 7.99. The Labute approximate surface area is 178 Å². The zero-order valence-corrected chi connectivity index (χ0v) is 18.7. The van der Waals surface area contributed by atoms with Crippen LogP contribution in [0.3, 0.4) is 0 Å². The van der Waals surface area contributed by atoms with E-state index >= 15 is 0 Å². The van der Waals surface area contributed by atoms with Crippen LogP contribution in [-0.2, 0) is 10.0 Å². The predicted molar refractivity (Wildman–Crippen MR) is 114 cm³/mol. The van der Waals surface area contributed by atoms with Gasteiger partial charge in [0.05, 0.1) is 15.5 Å². The fourth-order valence-corrected chi connectivity index (χ4v) is 5.72. The van der Waals surface area contributed by atoms with Crippen molar-refractivity contribution in [2.75, 3.05) is 18.8 Å². The average molecular weight is 452 g/mol. The van der Waals surface area contributed by atoms with Crippen LogP contribution >= 0.6 is 23.1 Å². The molecule has 0 aliphatic rings. The Kier molecular flexibility index (Phi) is 6.89. The third-order valence-electron chi connectivity index (χ3n) is 4.17. The lowest BCUT2D eigenvalue weighted by atomic mass is 10.2. The van der Waals surface area contributed by atoms with E-state index in [-0.39, 0.29) is 27.5 Å². The maximum atomic E-state index is 12.7. The van der Waals surface area contributed by atoms with Crippen LogP contribution in [0.15, 0.2) is 50.9 Å². The molecule has 0 aliphatic carbocycles. The molecule has 0 atom stereocenters. The number of carbonyl (C=O) groups excluding carboxylic acids is 1. The first-order valence-electron chi connectivity index (χ1n) is 9.01. The third-order valence-corrected chi connectivity index (χ3v) is 8.08. The van der Waals surface area contributed by atoms with Crippen molar-refractivity contribution in [2.24, 2.45) is 0 Å². The number of hydrogen-bond acceptors (Lipinski definition) is 8. The number of Topliss-reactive ketones (excluding diaryl/α,β-unsaturated/α-hetero) is 1. The molecule has 7 nitrogen and oxygen atoms in total. The van der Waals surface area contributed by atoms with Crippen molar-refractivity contribution in [2.45, 2.75) is 30.9 Å². The van der Waals surface area contributed by atoms with E-state index in [0.29, 0.717) is 23.5 Å². The first-order chi connectivity index (χ1) is 13.8. The van der Waals surface area contributed by atoms with Crippen molar-refractivity contribution in [1.29, 1.82) is 0 Å². The number of ketones is 1. The standard InChI is InChI=1S/C19H21N3O4S3/c1-4-22(5-2)29(24,25)15-8-6-7-14(11-15)18-20-21-19(26-18)27-12-16(23)17-10-9-13(3)28-17/h6-11H,4-5,12H2,1-3H3. The van der Waals surface area contributed by atoms with Crippen molar-refractivity contribution >= 4 is 38.9 Å². The molecule has 0 saturated carbocycles. The van der Waals surface area contributed by atoms with Gasteiger partial charge in [-0.05, 0) is 37.3 Å². The van der Waals surface area contributed by atoms with Gasteiger partial charge in [-0.3, -0.25) is 4.79 Å². The summed E-state index contributed by atoms with van der Waals surface area (Å²) in [4.78, 5) is 14.2. The van der Waals surface area contributed by atoms with E-state index in [4.69, 9.17) is 4.42 Å². The zero-order valence-electron chi connectivity index (χ0n) is 16.3. The molecule has 0 aliphatic heterocycles. The molecule has 3 aromatic rings. The Hall–Kier alpha value is -2.01. The monoisotopic (exact) mass is 451 g/mol. The van der Waals surface area contributed by atoms with Gasteiger partial charge in [0.15, 0.2) is 5.78 Å². The number of sulfonamides is 1. The van der Waals surface area contributed by atoms with E-state index in [1.807, 2.05) is 19.1 Å². The SMILES string of the molecule is CCN(CC)S(=O)(=O)c1cccc(-c2nnc(SCC(=O)c3ccc(C)s3)o2)c1. The fourth-order valence-electron chi connectivity index (χ4n) is 2.67. The molecule has 0 N–H and O–H groups in total. The summed E-state index contributed by atoms with van der Waals surface area (Å²) in [6.45, 7) is 6.33. The molecule has 3 rings (SSSR count). The normalized spacial score (nSPS) is 11.9. The van der Waals surface area contributed by atoms with Gasteiger partial charge in [-0.1, -0.05) is 31.7 Å². The van der Waals surface area contributed by atoms with Gasteiger partial charge >= 0.3 is 0 Å². The number of rotatable bonds is 9. The lowest BCUT2D eigenvalue weighted by Gasteiger charge is -2.18. The molecular formula is C19H21N3O4S3. The summed E-state index contributed by atoms with van der Waals surface area (Å²) in [6.07, 6.45) is 0. The van der Waals surface area contributed by atoms with Crippen molar-refractivity contribution in [1.82, 2.24) is 14.5 Å². The molecule has 154 valence electrons. The fraction of sp³-hybridized carbons (Fsp3) is 0.316. The quantitative estimate of drug-likeness (QED) is 0.357. The second kappa shape index (κ2) is 9.21. The molecule has 0 saturated heterocycles. The lowest BCUT2D eigenvalue weighted by molar-refractivity contribution is 0.102. The molecule has 0 fully saturated rings. The number of aromatic nitrogens is 2. The van der Waals surface area contributed by atoms with E-state index in [9.17, 15) is 13.2 Å². The molecule has 0 bridgehead atoms. The van der Waals surface area contributed by atoms with Gasteiger partial charge in [-0.25, -0.2) is 8.42 Å². The van der Waals surface area contributed by atoms with Crippen LogP contribution in [0.25, 0.3) is 11.5 Å². The Bertz CT molecular complexity index is 1100. The van der Waals surface area contributed by atoms with Crippen molar-refractivity contribution < 1.29 is 17.6 Å². The van der Waals surface area contributed by atoms with Gasteiger partial charge in [0, 0.05) is 23.5 Å². The van der Waals surface area contributed by atoms with Crippen LogP contribution in [0.4, 0.5) is 0 Å². The van der Waals surface area contributed by atoms with Gasteiger partial charge in [0.2, 0.25) is 15.9 Å². The summed E-state index contributed by atoms with van der Waals surface area (Å²) >= 11 is 2.61. The van der Waals surface area contributed by atoms with Gasteiger partial charge in [-0.15, -0.1) is 21.5 Å². The molecule has 1 aromatic carbocycles. The number of nitrogens with zero attached hydrogens (tertiary/aromatic N) is 3. The van der Waals surface area contributed by atoms with Gasteiger partial charge in [-0.2, -0.15) is 4.31 Å². The number of benzene rings is 1. The minimum atomic E-state index is -3.58. The Morgan fingerprint density at radius 1 is 1.17 bits per heavy atom. The molecule has 0 spiro atoms. The average Bonchev–Trinajstić information content (AvgIpc) is 3.36. The number of hydrogen-bond donors (Lipinski definition) is 0. The molecular weight excluding hydrogens is 430 g/mol.